The van der Waals surface area contributed by atoms with E-state index in [4.69, 9.17) is 9.47 Å². The summed E-state index contributed by atoms with van der Waals surface area (Å²) < 4.78 is 13.0. The van der Waals surface area contributed by atoms with Crippen LogP contribution in [0, 0.1) is 6.92 Å². The van der Waals surface area contributed by atoms with E-state index in [1.807, 2.05) is 55.2 Å². The van der Waals surface area contributed by atoms with Gasteiger partial charge in [-0.25, -0.2) is 4.79 Å². The fourth-order valence-electron chi connectivity index (χ4n) is 2.52. The number of hydrogen-bond donors (Lipinski definition) is 0. The molecule has 0 radical (unpaired) electrons. The second kappa shape index (κ2) is 7.21. The van der Waals surface area contributed by atoms with Crippen molar-refractivity contribution in [1.82, 2.24) is 9.55 Å². The third kappa shape index (κ3) is 3.88. The zero-order valence-electron chi connectivity index (χ0n) is 14.5. The number of rotatable bonds is 5. The fourth-order valence-corrected chi connectivity index (χ4v) is 2.52. The van der Waals surface area contributed by atoms with E-state index < -0.39 is 0 Å². The second-order valence-electron chi connectivity index (χ2n) is 5.74. The van der Waals surface area contributed by atoms with E-state index in [0.717, 1.165) is 16.8 Å². The smallest absolute Gasteiger partial charge is 0.338 e. The van der Waals surface area contributed by atoms with E-state index >= 15 is 0 Å². The van der Waals surface area contributed by atoms with Gasteiger partial charge in [-0.05, 0) is 43.7 Å². The van der Waals surface area contributed by atoms with E-state index in [9.17, 15) is 4.79 Å². The van der Waals surface area contributed by atoms with Crippen LogP contribution in [-0.2, 0) is 11.8 Å². The molecule has 2 heterocycles. The number of ether oxygens (including phenoxy) is 2. The maximum atomic E-state index is 12.0. The SMILES string of the molecule is CCOC(=O)c1cc(Oc2ccnc(-c3ccn(C)c3)c2)ccc1C. The monoisotopic (exact) mass is 336 g/mol. The van der Waals surface area contributed by atoms with Gasteiger partial charge in [-0.15, -0.1) is 0 Å². The van der Waals surface area contributed by atoms with Crippen LogP contribution in [0.25, 0.3) is 11.3 Å². The van der Waals surface area contributed by atoms with Gasteiger partial charge < -0.3 is 14.0 Å². The third-order valence-corrected chi connectivity index (χ3v) is 3.80. The Kier molecular flexibility index (Phi) is 4.84. The Labute approximate surface area is 146 Å². The van der Waals surface area contributed by atoms with Crippen molar-refractivity contribution in [3.05, 3.63) is 66.1 Å². The summed E-state index contributed by atoms with van der Waals surface area (Å²) in [7, 11) is 1.97. The van der Waals surface area contributed by atoms with Crippen molar-refractivity contribution in [2.24, 2.45) is 7.05 Å². The van der Waals surface area contributed by atoms with Crippen LogP contribution in [0.2, 0.25) is 0 Å². The zero-order valence-corrected chi connectivity index (χ0v) is 14.5. The van der Waals surface area contributed by atoms with Crippen molar-refractivity contribution < 1.29 is 14.3 Å². The van der Waals surface area contributed by atoms with Gasteiger partial charge in [0.05, 0.1) is 17.9 Å². The molecule has 5 nitrogen and oxygen atoms in total. The quantitative estimate of drug-likeness (QED) is 0.650. The van der Waals surface area contributed by atoms with Gasteiger partial charge in [-0.3, -0.25) is 4.98 Å². The summed E-state index contributed by atoms with van der Waals surface area (Å²) in [6, 6.07) is 11.0. The van der Waals surface area contributed by atoms with Crippen molar-refractivity contribution in [2.75, 3.05) is 6.61 Å². The van der Waals surface area contributed by atoms with Gasteiger partial charge in [0.15, 0.2) is 0 Å². The number of hydrogen-bond acceptors (Lipinski definition) is 4. The number of aromatic nitrogens is 2. The predicted octanol–water partition coefficient (Wildman–Crippen LogP) is 4.36. The molecule has 3 aromatic rings. The number of esters is 1. The van der Waals surface area contributed by atoms with Gasteiger partial charge in [0.2, 0.25) is 0 Å². The van der Waals surface area contributed by atoms with Gasteiger partial charge in [0, 0.05) is 37.3 Å². The van der Waals surface area contributed by atoms with Gasteiger partial charge >= 0.3 is 5.97 Å². The Bertz CT molecular complexity index is 899. The molecule has 0 atom stereocenters. The van der Waals surface area contributed by atoms with Crippen LogP contribution >= 0.6 is 0 Å². The first kappa shape index (κ1) is 16.8. The first-order chi connectivity index (χ1) is 12.1. The summed E-state index contributed by atoms with van der Waals surface area (Å²) in [4.78, 5) is 16.4. The number of nitrogens with zero attached hydrogens (tertiary/aromatic N) is 2. The molecule has 1 aromatic carbocycles. The van der Waals surface area contributed by atoms with Crippen molar-refractivity contribution in [3.8, 4) is 22.8 Å². The van der Waals surface area contributed by atoms with Gasteiger partial charge in [-0.2, -0.15) is 0 Å². The minimum atomic E-state index is -0.342. The lowest BCUT2D eigenvalue weighted by Crippen LogP contribution is -2.06. The number of carbonyl (C=O) groups is 1. The van der Waals surface area contributed by atoms with E-state index in [1.54, 1.807) is 25.3 Å². The first-order valence-corrected chi connectivity index (χ1v) is 8.11. The molecule has 0 N–H and O–H groups in total. The van der Waals surface area contributed by atoms with Crippen molar-refractivity contribution in [2.45, 2.75) is 13.8 Å². The minimum absolute atomic E-state index is 0.341. The standard InChI is InChI=1S/C20H20N2O3/c1-4-24-20(23)18-11-16(6-5-14(18)2)25-17-7-9-21-19(12-17)15-8-10-22(3)13-15/h5-13H,4H2,1-3H3. The normalized spacial score (nSPS) is 10.5. The van der Waals surface area contributed by atoms with Crippen LogP contribution in [0.15, 0.2) is 55.0 Å². The highest BCUT2D eigenvalue weighted by Crippen LogP contribution is 2.27. The molecule has 5 heteroatoms. The lowest BCUT2D eigenvalue weighted by atomic mass is 10.1. The molecular formula is C20H20N2O3. The van der Waals surface area contributed by atoms with Crippen molar-refractivity contribution in [1.29, 1.82) is 0 Å². The van der Waals surface area contributed by atoms with Crippen LogP contribution < -0.4 is 4.74 Å². The van der Waals surface area contributed by atoms with E-state index in [-0.39, 0.29) is 5.97 Å². The summed E-state index contributed by atoms with van der Waals surface area (Å²) in [5.74, 6) is 0.900. The van der Waals surface area contributed by atoms with Gasteiger partial charge in [-0.1, -0.05) is 6.07 Å². The maximum absolute atomic E-state index is 12.0. The maximum Gasteiger partial charge on any atom is 0.338 e. The lowest BCUT2D eigenvalue weighted by molar-refractivity contribution is 0.0525. The summed E-state index contributed by atoms with van der Waals surface area (Å²) in [6.07, 6.45) is 5.67. The molecule has 0 unspecified atom stereocenters. The molecule has 0 aliphatic heterocycles. The zero-order chi connectivity index (χ0) is 17.8. The first-order valence-electron chi connectivity index (χ1n) is 8.11. The average molecular weight is 336 g/mol. The molecule has 25 heavy (non-hydrogen) atoms. The van der Waals surface area contributed by atoms with Crippen LogP contribution in [0.4, 0.5) is 0 Å². The largest absolute Gasteiger partial charge is 0.462 e. The molecular weight excluding hydrogens is 316 g/mol. The molecule has 0 amide bonds. The Morgan fingerprint density at radius 1 is 1.16 bits per heavy atom. The Hall–Kier alpha value is -3.08. The summed E-state index contributed by atoms with van der Waals surface area (Å²) in [5.41, 5.74) is 3.21. The van der Waals surface area contributed by atoms with Gasteiger partial charge in [0.1, 0.15) is 11.5 Å². The van der Waals surface area contributed by atoms with Crippen LogP contribution in [0.1, 0.15) is 22.8 Å². The highest BCUT2D eigenvalue weighted by atomic mass is 16.5. The third-order valence-electron chi connectivity index (χ3n) is 3.80. The molecule has 0 fully saturated rings. The molecule has 0 aliphatic carbocycles. The average Bonchev–Trinajstić information content (AvgIpc) is 3.03. The van der Waals surface area contributed by atoms with Crippen LogP contribution in [0.5, 0.6) is 11.5 Å². The summed E-state index contributed by atoms with van der Waals surface area (Å²) in [5, 5.41) is 0. The molecule has 0 bridgehead atoms. The predicted molar refractivity (Wildman–Crippen MR) is 95.9 cm³/mol. The number of pyridine rings is 1. The van der Waals surface area contributed by atoms with E-state index in [1.165, 1.54) is 0 Å². The number of benzene rings is 1. The van der Waals surface area contributed by atoms with E-state index in [2.05, 4.69) is 4.98 Å². The van der Waals surface area contributed by atoms with Gasteiger partial charge in [0.25, 0.3) is 0 Å². The molecule has 0 saturated heterocycles. The number of aryl methyl sites for hydroxylation is 2. The Morgan fingerprint density at radius 2 is 1.96 bits per heavy atom. The summed E-state index contributed by atoms with van der Waals surface area (Å²) >= 11 is 0. The molecule has 0 saturated carbocycles. The van der Waals surface area contributed by atoms with Crippen LogP contribution in [-0.4, -0.2) is 22.1 Å². The second-order valence-corrected chi connectivity index (χ2v) is 5.74. The topological polar surface area (TPSA) is 53.4 Å². The van der Waals surface area contributed by atoms with E-state index in [0.29, 0.717) is 23.7 Å². The van der Waals surface area contributed by atoms with Crippen LogP contribution in [0.3, 0.4) is 0 Å². The molecule has 128 valence electrons. The molecule has 3 rings (SSSR count). The Morgan fingerprint density at radius 3 is 2.68 bits per heavy atom. The fraction of sp³-hybridized carbons (Fsp3) is 0.200. The molecule has 0 spiro atoms. The molecule has 0 aliphatic rings. The van der Waals surface area contributed by atoms with Crippen molar-refractivity contribution in [3.63, 3.8) is 0 Å². The summed E-state index contributed by atoms with van der Waals surface area (Å²) in [6.45, 7) is 4.00. The highest BCUT2D eigenvalue weighted by Gasteiger charge is 2.12. The Balaban J connectivity index is 1.85. The lowest BCUT2D eigenvalue weighted by Gasteiger charge is -2.10. The number of carbonyl (C=O) groups excluding carboxylic acids is 1. The molecule has 2 aromatic heterocycles. The highest BCUT2D eigenvalue weighted by molar-refractivity contribution is 5.91. The minimum Gasteiger partial charge on any atom is -0.462 e. The van der Waals surface area contributed by atoms with Crippen molar-refractivity contribution >= 4 is 5.97 Å².